The minimum absolute atomic E-state index is 0.00120. The molecule has 1 amide bonds. The largest absolute Gasteiger partial charge is 0.395 e. The normalized spacial score (nSPS) is 39.4. The minimum atomic E-state index is -1.45. The van der Waals surface area contributed by atoms with E-state index in [1.54, 1.807) is 0 Å². The van der Waals surface area contributed by atoms with Crippen LogP contribution in [0.15, 0.2) is 42.5 Å². The summed E-state index contributed by atoms with van der Waals surface area (Å²) in [5, 5.41) is 29.4. The van der Waals surface area contributed by atoms with Gasteiger partial charge in [0, 0.05) is 25.2 Å². The first-order chi connectivity index (χ1) is 23.0. The number of benzene rings is 1. The fourth-order valence-electron chi connectivity index (χ4n) is 13.5. The highest BCUT2D eigenvalue weighted by molar-refractivity contribution is 5.84. The number of hydrogen-bond donors (Lipinski definition) is 3. The fraction of sp³-hybridized carbons (Fsp3) is 0.744. The summed E-state index contributed by atoms with van der Waals surface area (Å²) < 4.78 is 0. The van der Waals surface area contributed by atoms with Crippen LogP contribution in [0.25, 0.3) is 5.57 Å². The molecule has 9 atom stereocenters. The molecule has 0 spiro atoms. The fourth-order valence-corrected chi connectivity index (χ4v) is 13.5. The van der Waals surface area contributed by atoms with Gasteiger partial charge in [0.1, 0.15) is 0 Å². The Bertz CT molecular complexity index is 1450. The van der Waals surface area contributed by atoms with Crippen molar-refractivity contribution >= 4 is 11.5 Å². The van der Waals surface area contributed by atoms with Gasteiger partial charge in [0.05, 0.1) is 12.0 Å². The molecule has 0 saturated heterocycles. The zero-order chi connectivity index (χ0) is 35.7. The van der Waals surface area contributed by atoms with Gasteiger partial charge in [-0.2, -0.15) is 0 Å². The third kappa shape index (κ3) is 5.52. The van der Waals surface area contributed by atoms with Crippen LogP contribution < -0.4 is 0 Å². The molecule has 9 unspecified atom stereocenters. The van der Waals surface area contributed by atoms with Crippen molar-refractivity contribution in [1.82, 2.24) is 9.80 Å². The Balaban J connectivity index is 1.34. The zero-order valence-corrected chi connectivity index (χ0v) is 31.9. The van der Waals surface area contributed by atoms with Gasteiger partial charge in [-0.25, -0.2) is 0 Å². The maximum absolute atomic E-state index is 14.9. The number of nitrogens with zero attached hydrogens (tertiary/aromatic N) is 2. The van der Waals surface area contributed by atoms with Crippen LogP contribution in [0.4, 0.5) is 0 Å². The Hall–Kier alpha value is -1.99. The molecule has 3 N–H and O–H groups in total. The van der Waals surface area contributed by atoms with Gasteiger partial charge in [-0.1, -0.05) is 77.1 Å². The Labute approximate surface area is 297 Å². The zero-order valence-electron chi connectivity index (χ0n) is 31.9. The highest BCUT2D eigenvalue weighted by Gasteiger charge is 2.71. The Kier molecular flexibility index (Phi) is 9.68. The quantitative estimate of drug-likeness (QED) is 0.185. The van der Waals surface area contributed by atoms with Gasteiger partial charge in [0.15, 0.2) is 6.29 Å². The van der Waals surface area contributed by atoms with Crippen molar-refractivity contribution in [3.8, 4) is 0 Å². The van der Waals surface area contributed by atoms with Crippen LogP contribution in [-0.4, -0.2) is 71.4 Å². The number of allylic oxidation sites excluding steroid dienone is 3. The first kappa shape index (κ1) is 36.8. The van der Waals surface area contributed by atoms with Gasteiger partial charge in [-0.15, -0.1) is 0 Å². The van der Waals surface area contributed by atoms with Crippen molar-refractivity contribution in [3.63, 3.8) is 0 Å². The molecule has 5 aliphatic rings. The van der Waals surface area contributed by atoms with E-state index in [0.717, 1.165) is 38.6 Å². The number of amides is 1. The number of aliphatic hydroxyl groups is 3. The molecule has 272 valence electrons. The lowest BCUT2D eigenvalue weighted by Crippen LogP contribution is -2.66. The maximum atomic E-state index is 14.9. The molecule has 0 aromatic heterocycles. The van der Waals surface area contributed by atoms with Crippen LogP contribution in [-0.2, 0) is 4.79 Å². The standard InChI is InChI=1S/C43H66N2O4/c1-28(2)31-16-21-43(38(49)45(26-27-46)25-24-44(8)9)23-22-41(6)33(36(31)43)14-15-35-40(5)19-17-32(29-10-12-30(13-11-29)37(47)48)39(3,4)34(40)18-20-42(35,41)7/h10-13,17,31,33-37,46-48H,1,14-16,18-27H2,2-9H3. The summed E-state index contributed by atoms with van der Waals surface area (Å²) in [7, 11) is 4.11. The van der Waals surface area contributed by atoms with Crippen molar-refractivity contribution < 1.29 is 20.1 Å². The van der Waals surface area contributed by atoms with Crippen molar-refractivity contribution in [2.75, 3.05) is 40.3 Å². The van der Waals surface area contributed by atoms with Crippen molar-refractivity contribution in [3.05, 3.63) is 53.6 Å². The van der Waals surface area contributed by atoms with Gasteiger partial charge < -0.3 is 25.1 Å². The second kappa shape index (κ2) is 12.9. The molecular weight excluding hydrogens is 608 g/mol. The van der Waals surface area contributed by atoms with E-state index in [9.17, 15) is 20.1 Å². The predicted octanol–water partition coefficient (Wildman–Crippen LogP) is 7.70. The molecule has 6 rings (SSSR count). The van der Waals surface area contributed by atoms with Crippen LogP contribution in [0.1, 0.15) is 117 Å². The minimum Gasteiger partial charge on any atom is -0.395 e. The summed E-state index contributed by atoms with van der Waals surface area (Å²) in [6.07, 6.45) is 11.0. The number of rotatable bonds is 9. The molecule has 6 heteroatoms. The van der Waals surface area contributed by atoms with Gasteiger partial charge in [-0.3, -0.25) is 4.79 Å². The lowest BCUT2D eigenvalue weighted by atomic mass is 9.32. The van der Waals surface area contributed by atoms with Gasteiger partial charge in [0.2, 0.25) is 5.91 Å². The summed E-state index contributed by atoms with van der Waals surface area (Å²) in [5.41, 5.74) is 4.55. The Morgan fingerprint density at radius 1 is 0.878 bits per heavy atom. The average molecular weight is 675 g/mol. The number of fused-ring (bicyclic) bond motifs is 7. The van der Waals surface area contributed by atoms with Crippen molar-refractivity contribution in [2.24, 2.45) is 56.7 Å². The summed E-state index contributed by atoms with van der Waals surface area (Å²) in [6, 6.07) is 7.85. The monoisotopic (exact) mass is 675 g/mol. The molecule has 0 aliphatic heterocycles. The molecule has 5 aliphatic carbocycles. The number of aliphatic hydroxyl groups excluding tert-OH is 2. The molecular formula is C43H66N2O4. The third-order valence-corrected chi connectivity index (χ3v) is 16.1. The topological polar surface area (TPSA) is 84.2 Å². The molecule has 4 saturated carbocycles. The molecule has 0 heterocycles. The number of carbonyl (C=O) groups is 1. The molecule has 4 fully saturated rings. The van der Waals surface area contributed by atoms with Gasteiger partial charge in [0.25, 0.3) is 0 Å². The van der Waals surface area contributed by atoms with E-state index < -0.39 is 6.29 Å². The van der Waals surface area contributed by atoms with Crippen LogP contribution in [0.2, 0.25) is 0 Å². The van der Waals surface area contributed by atoms with E-state index >= 15 is 0 Å². The number of carbonyl (C=O) groups excluding carboxylic acids is 1. The Morgan fingerprint density at radius 2 is 1.57 bits per heavy atom. The van der Waals surface area contributed by atoms with Crippen molar-refractivity contribution in [1.29, 1.82) is 0 Å². The van der Waals surface area contributed by atoms with Crippen LogP contribution in [0.3, 0.4) is 0 Å². The summed E-state index contributed by atoms with van der Waals surface area (Å²) in [6.45, 7) is 21.5. The summed E-state index contributed by atoms with van der Waals surface area (Å²) in [5.74, 6) is 2.66. The van der Waals surface area contributed by atoms with Gasteiger partial charge in [-0.05, 0) is 141 Å². The lowest BCUT2D eigenvalue weighted by Gasteiger charge is -2.72. The number of likely N-dealkylation sites (N-methyl/N-ethyl adjacent to an activating group) is 1. The first-order valence-corrected chi connectivity index (χ1v) is 19.4. The highest BCUT2D eigenvalue weighted by atomic mass is 16.5. The van der Waals surface area contributed by atoms with Crippen molar-refractivity contribution in [2.45, 2.75) is 106 Å². The Morgan fingerprint density at radius 3 is 2.18 bits per heavy atom. The molecule has 6 nitrogen and oxygen atoms in total. The maximum Gasteiger partial charge on any atom is 0.229 e. The molecule has 1 aromatic rings. The van der Waals surface area contributed by atoms with E-state index in [4.69, 9.17) is 0 Å². The van der Waals surface area contributed by atoms with E-state index in [2.05, 4.69) is 85.3 Å². The summed E-state index contributed by atoms with van der Waals surface area (Å²) in [4.78, 5) is 19.0. The van der Waals surface area contributed by atoms with E-state index in [1.807, 2.05) is 17.0 Å². The van der Waals surface area contributed by atoms with E-state index in [1.165, 1.54) is 42.4 Å². The smallest absolute Gasteiger partial charge is 0.229 e. The van der Waals surface area contributed by atoms with Gasteiger partial charge >= 0.3 is 0 Å². The molecule has 0 radical (unpaired) electrons. The second-order valence-corrected chi connectivity index (χ2v) is 18.7. The molecule has 1 aromatic carbocycles. The first-order valence-electron chi connectivity index (χ1n) is 19.4. The second-order valence-electron chi connectivity index (χ2n) is 18.7. The molecule has 0 bridgehead atoms. The van der Waals surface area contributed by atoms with Crippen LogP contribution in [0, 0.1) is 56.7 Å². The summed E-state index contributed by atoms with van der Waals surface area (Å²) >= 11 is 0. The van der Waals surface area contributed by atoms with Crippen LogP contribution in [0.5, 0.6) is 0 Å². The third-order valence-electron chi connectivity index (χ3n) is 16.1. The van der Waals surface area contributed by atoms with E-state index in [0.29, 0.717) is 54.1 Å². The van der Waals surface area contributed by atoms with E-state index in [-0.39, 0.29) is 33.7 Å². The SMILES string of the molecule is C=C(C)C1CCC2(C(=O)N(CCO)CCN(C)C)CCC3(C)C(CCC4C5(C)CC=C(c6ccc(C(O)O)cc6)C(C)(C)C5CCC43C)C12. The lowest BCUT2D eigenvalue weighted by molar-refractivity contribution is -0.226. The van der Waals surface area contributed by atoms with Crippen LogP contribution >= 0.6 is 0 Å². The molecule has 49 heavy (non-hydrogen) atoms. The average Bonchev–Trinajstić information content (AvgIpc) is 3.44. The predicted molar refractivity (Wildman–Crippen MR) is 198 cm³/mol. The number of hydrogen-bond acceptors (Lipinski definition) is 5. The highest BCUT2D eigenvalue weighted by Crippen LogP contribution is 2.78.